The standard InChI is InChI=1S/C23H34N2O4/c1-6-24-15(4)19(14(3)20(24)23(28)29-7-2)21(26)16(5)25(18-12-13-18)22(27)17-10-8-9-11-17/h16-18H,6-13H2,1-5H3. The molecule has 2 aliphatic rings. The van der Waals surface area contributed by atoms with E-state index in [1.165, 1.54) is 0 Å². The highest BCUT2D eigenvalue weighted by molar-refractivity contribution is 6.06. The van der Waals surface area contributed by atoms with Crippen molar-refractivity contribution in [3.63, 3.8) is 0 Å². The summed E-state index contributed by atoms with van der Waals surface area (Å²) in [4.78, 5) is 41.1. The van der Waals surface area contributed by atoms with E-state index in [2.05, 4.69) is 0 Å². The molecule has 0 bridgehead atoms. The van der Waals surface area contributed by atoms with E-state index >= 15 is 0 Å². The van der Waals surface area contributed by atoms with Gasteiger partial charge in [0.25, 0.3) is 0 Å². The zero-order chi connectivity index (χ0) is 21.3. The van der Waals surface area contributed by atoms with E-state index < -0.39 is 12.0 Å². The van der Waals surface area contributed by atoms with Gasteiger partial charge in [-0.3, -0.25) is 9.59 Å². The van der Waals surface area contributed by atoms with Gasteiger partial charge in [-0.05, 0) is 65.9 Å². The molecule has 0 aliphatic heterocycles. The summed E-state index contributed by atoms with van der Waals surface area (Å²) in [5.41, 5.74) is 2.44. The van der Waals surface area contributed by atoms with Crippen LogP contribution in [-0.2, 0) is 16.1 Å². The molecule has 0 spiro atoms. The van der Waals surface area contributed by atoms with E-state index in [0.717, 1.165) is 44.2 Å². The average Bonchev–Trinajstić information content (AvgIpc) is 3.28. The SMILES string of the molecule is CCOC(=O)c1c(C)c(C(=O)C(C)N(C(=O)C2CCCC2)C2CC2)c(C)n1CC. The molecule has 1 heterocycles. The molecule has 3 rings (SSSR count). The second-order valence-electron chi connectivity index (χ2n) is 8.40. The summed E-state index contributed by atoms with van der Waals surface area (Å²) >= 11 is 0. The zero-order valence-electron chi connectivity index (χ0n) is 18.4. The topological polar surface area (TPSA) is 68.6 Å². The molecule has 2 saturated carbocycles. The molecule has 0 N–H and O–H groups in total. The Labute approximate surface area is 173 Å². The number of rotatable bonds is 8. The molecule has 29 heavy (non-hydrogen) atoms. The minimum atomic E-state index is -0.518. The molecule has 6 nitrogen and oxygen atoms in total. The summed E-state index contributed by atoms with van der Waals surface area (Å²) in [6.45, 7) is 10.1. The minimum absolute atomic E-state index is 0.0587. The molecule has 1 unspecified atom stereocenters. The molecule has 1 atom stereocenters. The summed E-state index contributed by atoms with van der Waals surface area (Å²) in [5.74, 6) is -0.274. The van der Waals surface area contributed by atoms with Gasteiger partial charge in [0.15, 0.2) is 5.78 Å². The van der Waals surface area contributed by atoms with Crippen LogP contribution >= 0.6 is 0 Å². The third-order valence-corrected chi connectivity index (χ3v) is 6.49. The Bertz CT molecular complexity index is 800. The molecule has 0 aromatic carbocycles. The maximum absolute atomic E-state index is 13.6. The Hall–Kier alpha value is -2.11. The van der Waals surface area contributed by atoms with E-state index in [4.69, 9.17) is 4.74 Å². The van der Waals surface area contributed by atoms with Crippen molar-refractivity contribution in [1.29, 1.82) is 0 Å². The number of ketones is 1. The van der Waals surface area contributed by atoms with Gasteiger partial charge < -0.3 is 14.2 Å². The van der Waals surface area contributed by atoms with Gasteiger partial charge in [0.2, 0.25) is 5.91 Å². The molecule has 2 aliphatic carbocycles. The van der Waals surface area contributed by atoms with Gasteiger partial charge in [0.1, 0.15) is 5.69 Å². The van der Waals surface area contributed by atoms with Crippen LogP contribution in [0.1, 0.15) is 91.4 Å². The van der Waals surface area contributed by atoms with Gasteiger partial charge in [-0.25, -0.2) is 4.79 Å². The van der Waals surface area contributed by atoms with Crippen LogP contribution in [0.4, 0.5) is 0 Å². The fourth-order valence-corrected chi connectivity index (χ4v) is 4.87. The molecule has 0 radical (unpaired) electrons. The lowest BCUT2D eigenvalue weighted by atomic mass is 9.98. The summed E-state index contributed by atoms with van der Waals surface area (Å²) in [6, 6.07) is -0.337. The Kier molecular flexibility index (Phi) is 6.49. The number of hydrogen-bond acceptors (Lipinski definition) is 4. The van der Waals surface area contributed by atoms with Crippen LogP contribution < -0.4 is 0 Å². The predicted octanol–water partition coefficient (Wildman–Crippen LogP) is 4.05. The summed E-state index contributed by atoms with van der Waals surface area (Å²) < 4.78 is 7.08. The van der Waals surface area contributed by atoms with Gasteiger partial charge in [0, 0.05) is 29.8 Å². The first-order valence-electron chi connectivity index (χ1n) is 11.1. The maximum Gasteiger partial charge on any atom is 0.355 e. The van der Waals surface area contributed by atoms with Crippen LogP contribution in [0.25, 0.3) is 0 Å². The second-order valence-corrected chi connectivity index (χ2v) is 8.40. The largest absolute Gasteiger partial charge is 0.461 e. The van der Waals surface area contributed by atoms with Gasteiger partial charge in [-0.2, -0.15) is 0 Å². The first-order valence-corrected chi connectivity index (χ1v) is 11.1. The molecule has 0 saturated heterocycles. The fourth-order valence-electron chi connectivity index (χ4n) is 4.87. The molecular weight excluding hydrogens is 368 g/mol. The van der Waals surface area contributed by atoms with Crippen molar-refractivity contribution < 1.29 is 19.1 Å². The number of carbonyl (C=O) groups is 3. The quantitative estimate of drug-likeness (QED) is 0.486. The Morgan fingerprint density at radius 3 is 2.24 bits per heavy atom. The molecule has 160 valence electrons. The van der Waals surface area contributed by atoms with Crippen molar-refractivity contribution in [2.45, 2.75) is 91.8 Å². The third kappa shape index (κ3) is 3.99. The fraction of sp³-hybridized carbons (Fsp3) is 0.696. The molecule has 1 aromatic rings. The van der Waals surface area contributed by atoms with Crippen molar-refractivity contribution in [2.75, 3.05) is 6.61 Å². The van der Waals surface area contributed by atoms with Gasteiger partial charge >= 0.3 is 5.97 Å². The lowest BCUT2D eigenvalue weighted by Crippen LogP contribution is -2.47. The van der Waals surface area contributed by atoms with E-state index in [1.54, 1.807) is 6.92 Å². The lowest BCUT2D eigenvalue weighted by Gasteiger charge is -2.31. The van der Waals surface area contributed by atoms with Crippen LogP contribution in [0.15, 0.2) is 0 Å². The number of ether oxygens (including phenoxy) is 1. The third-order valence-electron chi connectivity index (χ3n) is 6.49. The maximum atomic E-state index is 13.6. The average molecular weight is 403 g/mol. The first kappa shape index (κ1) is 21.6. The number of carbonyl (C=O) groups excluding carboxylic acids is 3. The highest BCUT2D eigenvalue weighted by Gasteiger charge is 2.42. The van der Waals surface area contributed by atoms with Crippen LogP contribution in [0.3, 0.4) is 0 Å². The molecule has 2 fully saturated rings. The summed E-state index contributed by atoms with van der Waals surface area (Å²) in [6.07, 6.45) is 5.99. The van der Waals surface area contributed by atoms with Crippen molar-refractivity contribution in [3.8, 4) is 0 Å². The van der Waals surface area contributed by atoms with Crippen LogP contribution in [0.2, 0.25) is 0 Å². The number of Topliss-reactive ketones (excluding diaryl/α,β-unsaturated/α-hetero) is 1. The van der Waals surface area contributed by atoms with Crippen molar-refractivity contribution in [3.05, 3.63) is 22.5 Å². The smallest absolute Gasteiger partial charge is 0.355 e. The molecular formula is C23H34N2O4. The second kappa shape index (κ2) is 8.72. The van der Waals surface area contributed by atoms with E-state index in [1.807, 2.05) is 37.2 Å². The van der Waals surface area contributed by atoms with Crippen molar-refractivity contribution in [2.24, 2.45) is 5.92 Å². The molecule has 6 heteroatoms. The highest BCUT2D eigenvalue weighted by atomic mass is 16.5. The monoisotopic (exact) mass is 402 g/mol. The van der Waals surface area contributed by atoms with Gasteiger partial charge in [-0.15, -0.1) is 0 Å². The molecule has 1 aromatic heterocycles. The number of hydrogen-bond donors (Lipinski definition) is 0. The first-order chi connectivity index (χ1) is 13.8. The Balaban J connectivity index is 1.94. The number of amides is 1. The van der Waals surface area contributed by atoms with E-state index in [9.17, 15) is 14.4 Å². The zero-order valence-corrected chi connectivity index (χ0v) is 18.4. The van der Waals surface area contributed by atoms with E-state index in [-0.39, 0.29) is 30.3 Å². The number of nitrogens with zero attached hydrogens (tertiary/aromatic N) is 2. The molecule has 1 amide bonds. The van der Waals surface area contributed by atoms with E-state index in [0.29, 0.717) is 23.4 Å². The van der Waals surface area contributed by atoms with Gasteiger partial charge in [0.05, 0.1) is 12.6 Å². The van der Waals surface area contributed by atoms with Crippen LogP contribution in [0.5, 0.6) is 0 Å². The lowest BCUT2D eigenvalue weighted by molar-refractivity contribution is -0.137. The predicted molar refractivity (Wildman–Crippen MR) is 111 cm³/mol. The van der Waals surface area contributed by atoms with Crippen molar-refractivity contribution in [1.82, 2.24) is 9.47 Å². The van der Waals surface area contributed by atoms with Gasteiger partial charge in [-0.1, -0.05) is 12.8 Å². The summed E-state index contributed by atoms with van der Waals surface area (Å²) in [7, 11) is 0. The van der Waals surface area contributed by atoms with Crippen LogP contribution in [0, 0.1) is 19.8 Å². The Morgan fingerprint density at radius 2 is 1.72 bits per heavy atom. The van der Waals surface area contributed by atoms with Crippen molar-refractivity contribution >= 4 is 17.7 Å². The van der Waals surface area contributed by atoms with Crippen LogP contribution in [-0.4, -0.2) is 45.8 Å². The number of aromatic nitrogens is 1. The number of esters is 1. The highest BCUT2D eigenvalue weighted by Crippen LogP contribution is 2.36. The Morgan fingerprint density at radius 1 is 1.10 bits per heavy atom. The minimum Gasteiger partial charge on any atom is -0.461 e. The summed E-state index contributed by atoms with van der Waals surface area (Å²) in [5, 5.41) is 0. The normalized spacial score (nSPS) is 18.0.